The quantitative estimate of drug-likeness (QED) is 0.786. The molecule has 138 valence electrons. The van der Waals surface area contributed by atoms with Crippen LogP contribution in [-0.4, -0.2) is 28.6 Å². The highest BCUT2D eigenvalue weighted by Crippen LogP contribution is 2.65. The summed E-state index contributed by atoms with van der Waals surface area (Å²) in [4.78, 5) is 0. The fourth-order valence-electron chi connectivity index (χ4n) is 7.92. The van der Waals surface area contributed by atoms with Gasteiger partial charge in [0.25, 0.3) is 0 Å². The van der Waals surface area contributed by atoms with Gasteiger partial charge in [-0.05, 0) is 106 Å². The van der Waals surface area contributed by atoms with Crippen LogP contribution in [0.4, 0.5) is 4.39 Å². The van der Waals surface area contributed by atoms with Crippen LogP contribution in [-0.2, 0) is 0 Å². The third-order valence-corrected chi connectivity index (χ3v) is 9.01. The predicted molar refractivity (Wildman–Crippen MR) is 93.2 cm³/mol. The third-order valence-electron chi connectivity index (χ3n) is 9.01. The van der Waals surface area contributed by atoms with Crippen molar-refractivity contribution in [1.82, 2.24) is 0 Å². The molecule has 0 aromatic carbocycles. The summed E-state index contributed by atoms with van der Waals surface area (Å²) in [6, 6.07) is 0. The van der Waals surface area contributed by atoms with Gasteiger partial charge in [0.1, 0.15) is 6.67 Å². The van der Waals surface area contributed by atoms with Gasteiger partial charge in [-0.2, -0.15) is 0 Å². The van der Waals surface area contributed by atoms with Gasteiger partial charge < -0.3 is 10.2 Å². The van der Waals surface area contributed by atoms with Crippen LogP contribution >= 0.6 is 0 Å². The van der Waals surface area contributed by atoms with E-state index in [4.69, 9.17) is 0 Å². The Morgan fingerprint density at radius 2 is 1.75 bits per heavy atom. The number of rotatable bonds is 2. The topological polar surface area (TPSA) is 40.5 Å². The first kappa shape index (κ1) is 17.3. The number of hydrogen-bond acceptors (Lipinski definition) is 2. The van der Waals surface area contributed by atoms with Crippen molar-refractivity contribution in [3.8, 4) is 0 Å². The maximum atomic E-state index is 13.2. The maximum absolute atomic E-state index is 13.2. The SMILES string of the molecule is CC(O)C1CC[C@H]2[C@@H]3CC[C@@H]4C[C@](O)(CF)CC[C@@H]4[C@H]3CC[C@]12C. The summed E-state index contributed by atoms with van der Waals surface area (Å²) in [7, 11) is 0. The van der Waals surface area contributed by atoms with Gasteiger partial charge >= 0.3 is 0 Å². The Kier molecular flexibility index (Phi) is 4.28. The lowest BCUT2D eigenvalue weighted by Crippen LogP contribution is -2.52. The van der Waals surface area contributed by atoms with E-state index in [0.717, 1.165) is 24.2 Å². The Hall–Kier alpha value is -0.150. The molecule has 4 saturated carbocycles. The zero-order valence-corrected chi connectivity index (χ0v) is 15.4. The Morgan fingerprint density at radius 3 is 2.46 bits per heavy atom. The van der Waals surface area contributed by atoms with Crippen molar-refractivity contribution in [3.05, 3.63) is 0 Å². The molecule has 4 fully saturated rings. The molecule has 0 bridgehead atoms. The number of alkyl halides is 1. The monoisotopic (exact) mass is 338 g/mol. The summed E-state index contributed by atoms with van der Waals surface area (Å²) in [5, 5.41) is 20.7. The zero-order chi connectivity index (χ0) is 17.1. The largest absolute Gasteiger partial charge is 0.393 e. The molecule has 2 N–H and O–H groups in total. The molecular formula is C21H35FO2. The number of aliphatic hydroxyl groups is 2. The summed E-state index contributed by atoms with van der Waals surface area (Å²) in [6.07, 6.45) is 9.66. The van der Waals surface area contributed by atoms with Gasteiger partial charge in [-0.15, -0.1) is 0 Å². The summed E-state index contributed by atoms with van der Waals surface area (Å²) < 4.78 is 13.2. The second kappa shape index (κ2) is 5.94. The van der Waals surface area contributed by atoms with Crippen molar-refractivity contribution < 1.29 is 14.6 Å². The molecule has 0 spiro atoms. The lowest BCUT2D eigenvalue weighted by Gasteiger charge is -2.57. The molecule has 9 atom stereocenters. The van der Waals surface area contributed by atoms with E-state index >= 15 is 0 Å². The minimum atomic E-state index is -1.03. The Labute approximate surface area is 146 Å². The molecule has 24 heavy (non-hydrogen) atoms. The Balaban J connectivity index is 1.53. The summed E-state index contributed by atoms with van der Waals surface area (Å²) in [5.74, 6) is 4.11. The van der Waals surface area contributed by atoms with Crippen LogP contribution in [0.1, 0.15) is 71.6 Å². The minimum Gasteiger partial charge on any atom is -0.393 e. The van der Waals surface area contributed by atoms with Gasteiger partial charge in [-0.3, -0.25) is 0 Å². The normalized spacial score (nSPS) is 55.4. The first-order valence-corrected chi connectivity index (χ1v) is 10.3. The fraction of sp³-hybridized carbons (Fsp3) is 1.00. The third kappa shape index (κ3) is 2.48. The number of fused-ring (bicyclic) bond motifs is 5. The van der Waals surface area contributed by atoms with E-state index in [1.165, 1.54) is 38.5 Å². The molecular weight excluding hydrogens is 303 g/mol. The van der Waals surface area contributed by atoms with E-state index in [1.807, 2.05) is 6.92 Å². The molecule has 0 aromatic rings. The fourth-order valence-corrected chi connectivity index (χ4v) is 7.92. The van der Waals surface area contributed by atoms with Gasteiger partial charge in [0.05, 0.1) is 11.7 Å². The Morgan fingerprint density at radius 1 is 1.00 bits per heavy atom. The maximum Gasteiger partial charge on any atom is 0.118 e. The van der Waals surface area contributed by atoms with Gasteiger partial charge in [-0.25, -0.2) is 4.39 Å². The molecule has 0 aromatic heterocycles. The van der Waals surface area contributed by atoms with Crippen LogP contribution in [0.15, 0.2) is 0 Å². The van der Waals surface area contributed by atoms with Crippen LogP contribution in [0.3, 0.4) is 0 Å². The highest BCUT2D eigenvalue weighted by molar-refractivity contribution is 5.07. The van der Waals surface area contributed by atoms with Gasteiger partial charge in [0.15, 0.2) is 0 Å². The average Bonchev–Trinajstić information content (AvgIpc) is 2.91. The van der Waals surface area contributed by atoms with Crippen LogP contribution < -0.4 is 0 Å². The lowest BCUT2D eigenvalue weighted by atomic mass is 9.49. The number of hydrogen-bond donors (Lipinski definition) is 2. The van der Waals surface area contributed by atoms with Crippen molar-refractivity contribution in [2.75, 3.05) is 6.67 Å². The molecule has 4 rings (SSSR count). The van der Waals surface area contributed by atoms with Crippen molar-refractivity contribution in [1.29, 1.82) is 0 Å². The molecule has 0 saturated heterocycles. The molecule has 2 unspecified atom stereocenters. The van der Waals surface area contributed by atoms with Crippen molar-refractivity contribution in [3.63, 3.8) is 0 Å². The van der Waals surface area contributed by atoms with Crippen LogP contribution in [0, 0.1) is 40.9 Å². The molecule has 0 heterocycles. The molecule has 3 heteroatoms. The van der Waals surface area contributed by atoms with Gasteiger partial charge in [-0.1, -0.05) is 6.92 Å². The minimum absolute atomic E-state index is 0.179. The van der Waals surface area contributed by atoms with Gasteiger partial charge in [0.2, 0.25) is 0 Å². The van der Waals surface area contributed by atoms with Crippen LogP contribution in [0.2, 0.25) is 0 Å². The molecule has 0 radical (unpaired) electrons. The second-order valence-electron chi connectivity index (χ2n) is 10.0. The van der Waals surface area contributed by atoms with Crippen LogP contribution in [0.5, 0.6) is 0 Å². The molecule has 0 aliphatic heterocycles. The van der Waals surface area contributed by atoms with Crippen LogP contribution in [0.25, 0.3) is 0 Å². The molecule has 0 amide bonds. The van der Waals surface area contributed by atoms with Crippen molar-refractivity contribution in [2.24, 2.45) is 40.9 Å². The highest BCUT2D eigenvalue weighted by Gasteiger charge is 2.58. The summed E-state index contributed by atoms with van der Waals surface area (Å²) in [6.45, 7) is 3.87. The lowest BCUT2D eigenvalue weighted by molar-refractivity contribution is -0.116. The first-order chi connectivity index (χ1) is 11.4. The van der Waals surface area contributed by atoms with Gasteiger partial charge in [0, 0.05) is 0 Å². The summed E-state index contributed by atoms with van der Waals surface area (Å²) in [5.41, 5.74) is -0.696. The zero-order valence-electron chi connectivity index (χ0n) is 15.4. The molecule has 2 nitrogen and oxygen atoms in total. The smallest absolute Gasteiger partial charge is 0.118 e. The summed E-state index contributed by atoms with van der Waals surface area (Å²) >= 11 is 0. The van der Waals surface area contributed by atoms with E-state index < -0.39 is 12.3 Å². The predicted octanol–water partition coefficient (Wildman–Crippen LogP) is 4.34. The van der Waals surface area contributed by atoms with E-state index in [2.05, 4.69) is 6.92 Å². The van der Waals surface area contributed by atoms with E-state index in [0.29, 0.717) is 36.0 Å². The number of aliphatic hydroxyl groups excluding tert-OH is 1. The highest BCUT2D eigenvalue weighted by atomic mass is 19.1. The molecule has 4 aliphatic carbocycles. The van der Waals surface area contributed by atoms with E-state index in [-0.39, 0.29) is 6.10 Å². The van der Waals surface area contributed by atoms with Crippen molar-refractivity contribution >= 4 is 0 Å². The average molecular weight is 339 g/mol. The second-order valence-corrected chi connectivity index (χ2v) is 10.0. The van der Waals surface area contributed by atoms with E-state index in [9.17, 15) is 14.6 Å². The Bertz CT molecular complexity index is 480. The van der Waals surface area contributed by atoms with E-state index in [1.54, 1.807) is 0 Å². The van der Waals surface area contributed by atoms with Crippen molar-refractivity contribution in [2.45, 2.75) is 83.3 Å². The first-order valence-electron chi connectivity index (χ1n) is 10.3. The standard InChI is InChI=1S/C21H35FO2/c1-13(23)18-5-6-19-17-4-3-14-11-21(24,12-22)10-8-15(14)16(17)7-9-20(18,19)2/h13-19,23-24H,3-12H2,1-2H3/t13?,14-,15+,16-,17-,18?,19+,20-,21+/m1/s1. The molecule has 4 aliphatic rings. The number of halogens is 1.